The highest BCUT2D eigenvalue weighted by Crippen LogP contribution is 2.50. The van der Waals surface area contributed by atoms with Gasteiger partial charge < -0.3 is 15.5 Å². The molecule has 2 fully saturated rings. The van der Waals surface area contributed by atoms with E-state index in [1.807, 2.05) is 26.0 Å². The van der Waals surface area contributed by atoms with Crippen molar-refractivity contribution in [3.05, 3.63) is 23.8 Å². The van der Waals surface area contributed by atoms with Crippen LogP contribution in [0.1, 0.15) is 58.8 Å². The third-order valence-electron chi connectivity index (χ3n) is 6.14. The van der Waals surface area contributed by atoms with E-state index in [-0.39, 0.29) is 23.8 Å². The molecule has 0 saturated heterocycles. The first kappa shape index (κ1) is 21.7. The Morgan fingerprint density at radius 2 is 2.19 bits per heavy atom. The molecule has 0 bridgehead atoms. The predicted octanol–water partition coefficient (Wildman–Crippen LogP) is 3.20. The second-order valence-electron chi connectivity index (χ2n) is 8.12. The standard InChI is InChI=1S/C23H35NO3/c1-4-5-8-16(2)21(25)12-11-19-20-14-17(13-18(20)15-22(19)26)9-6-7-10-23(27)24-3/h9,11-12,16,18-22,25-26H,6-8,10,13-15H2,1-3H3,(H,24,27)/b12-11+,17-9+/t16-,18-,19+,20-,21+,22+/m0/s1. The first-order chi connectivity index (χ1) is 13.0. The smallest absolute Gasteiger partial charge is 0.219 e. The third kappa shape index (κ3) is 6.23. The summed E-state index contributed by atoms with van der Waals surface area (Å²) in [7, 11) is 1.67. The Morgan fingerprint density at radius 1 is 1.41 bits per heavy atom. The first-order valence-electron chi connectivity index (χ1n) is 10.3. The number of hydrogen-bond acceptors (Lipinski definition) is 3. The molecule has 2 aliphatic rings. The van der Waals surface area contributed by atoms with E-state index in [9.17, 15) is 15.0 Å². The maximum absolute atomic E-state index is 11.3. The van der Waals surface area contributed by atoms with E-state index in [4.69, 9.17) is 0 Å². The van der Waals surface area contributed by atoms with Gasteiger partial charge in [0.15, 0.2) is 0 Å². The number of aliphatic hydroxyl groups is 2. The van der Waals surface area contributed by atoms with Crippen molar-refractivity contribution >= 4 is 5.91 Å². The van der Waals surface area contributed by atoms with Crippen LogP contribution in [0.25, 0.3) is 0 Å². The molecular weight excluding hydrogens is 338 g/mol. The summed E-state index contributed by atoms with van der Waals surface area (Å²) in [6.45, 7) is 3.82. The highest BCUT2D eigenvalue weighted by molar-refractivity contribution is 5.75. The van der Waals surface area contributed by atoms with Crippen LogP contribution in [-0.4, -0.2) is 35.4 Å². The van der Waals surface area contributed by atoms with Crippen LogP contribution >= 0.6 is 0 Å². The molecule has 2 rings (SSSR count). The van der Waals surface area contributed by atoms with Gasteiger partial charge in [-0.1, -0.05) is 30.7 Å². The fourth-order valence-corrected chi connectivity index (χ4v) is 4.45. The van der Waals surface area contributed by atoms with Gasteiger partial charge in [0, 0.05) is 25.8 Å². The van der Waals surface area contributed by atoms with Crippen molar-refractivity contribution in [1.82, 2.24) is 5.32 Å². The van der Waals surface area contributed by atoms with Crippen LogP contribution < -0.4 is 5.32 Å². The lowest BCUT2D eigenvalue weighted by molar-refractivity contribution is -0.120. The van der Waals surface area contributed by atoms with Gasteiger partial charge in [-0.05, 0) is 56.8 Å². The SMILES string of the molecule is CC#CC[C@H](C)[C@H](O)/C=C/[C@@H]1[C@H]2C/C(=C/CCCC(=O)NC)C[C@H]2C[C@H]1O. The van der Waals surface area contributed by atoms with Crippen molar-refractivity contribution in [2.24, 2.45) is 23.7 Å². The van der Waals surface area contributed by atoms with Crippen molar-refractivity contribution in [1.29, 1.82) is 0 Å². The van der Waals surface area contributed by atoms with Crippen LogP contribution in [0.3, 0.4) is 0 Å². The van der Waals surface area contributed by atoms with Crippen LogP contribution in [0, 0.1) is 35.5 Å². The van der Waals surface area contributed by atoms with E-state index >= 15 is 0 Å². The number of unbranched alkanes of at least 4 members (excludes halogenated alkanes) is 1. The quantitative estimate of drug-likeness (QED) is 0.348. The zero-order valence-electron chi connectivity index (χ0n) is 16.9. The van der Waals surface area contributed by atoms with Gasteiger partial charge in [0.05, 0.1) is 12.2 Å². The number of carbonyl (C=O) groups excluding carboxylic acids is 1. The summed E-state index contributed by atoms with van der Waals surface area (Å²) < 4.78 is 0. The Balaban J connectivity index is 1.87. The number of allylic oxidation sites excluding steroid dienone is 2. The van der Waals surface area contributed by atoms with Gasteiger partial charge in [0.2, 0.25) is 5.91 Å². The van der Waals surface area contributed by atoms with Crippen molar-refractivity contribution < 1.29 is 15.0 Å². The number of amides is 1. The third-order valence-corrected chi connectivity index (χ3v) is 6.14. The van der Waals surface area contributed by atoms with E-state index in [1.54, 1.807) is 7.05 Å². The van der Waals surface area contributed by atoms with E-state index in [1.165, 1.54) is 5.57 Å². The van der Waals surface area contributed by atoms with Gasteiger partial charge in [-0.2, -0.15) is 0 Å². The molecule has 1 amide bonds. The minimum absolute atomic E-state index is 0.0994. The Morgan fingerprint density at radius 3 is 2.89 bits per heavy atom. The molecule has 0 spiro atoms. The molecule has 4 nitrogen and oxygen atoms in total. The Bertz CT molecular complexity index is 613. The normalized spacial score (nSPS) is 30.8. The zero-order valence-corrected chi connectivity index (χ0v) is 16.9. The molecule has 0 aromatic heterocycles. The molecule has 2 saturated carbocycles. The molecular formula is C23H35NO3. The number of carbonyl (C=O) groups is 1. The summed E-state index contributed by atoms with van der Waals surface area (Å²) in [6.07, 6.45) is 11.4. The largest absolute Gasteiger partial charge is 0.392 e. The van der Waals surface area contributed by atoms with Gasteiger partial charge in [-0.25, -0.2) is 0 Å². The lowest BCUT2D eigenvalue weighted by Crippen LogP contribution is -2.19. The lowest BCUT2D eigenvalue weighted by atomic mass is 9.89. The van der Waals surface area contributed by atoms with E-state index in [0.717, 1.165) is 32.1 Å². The highest BCUT2D eigenvalue weighted by atomic mass is 16.3. The summed E-state index contributed by atoms with van der Waals surface area (Å²) >= 11 is 0. The van der Waals surface area contributed by atoms with Crippen LogP contribution in [0.15, 0.2) is 23.8 Å². The van der Waals surface area contributed by atoms with Crippen LogP contribution in [0.2, 0.25) is 0 Å². The topological polar surface area (TPSA) is 69.6 Å². The molecule has 27 heavy (non-hydrogen) atoms. The lowest BCUT2D eigenvalue weighted by Gasteiger charge is -2.19. The number of nitrogens with one attached hydrogen (secondary N) is 1. The van der Waals surface area contributed by atoms with Gasteiger partial charge in [0.1, 0.15) is 0 Å². The van der Waals surface area contributed by atoms with E-state index < -0.39 is 6.10 Å². The second-order valence-corrected chi connectivity index (χ2v) is 8.12. The summed E-state index contributed by atoms with van der Waals surface area (Å²) in [5, 5.41) is 23.4. The average Bonchev–Trinajstić information content (AvgIpc) is 3.17. The molecule has 0 aromatic carbocycles. The van der Waals surface area contributed by atoms with Gasteiger partial charge in [0.25, 0.3) is 0 Å². The molecule has 150 valence electrons. The van der Waals surface area contributed by atoms with Crippen molar-refractivity contribution in [2.75, 3.05) is 7.05 Å². The second kappa shape index (κ2) is 10.7. The maximum Gasteiger partial charge on any atom is 0.219 e. The van der Waals surface area contributed by atoms with E-state index in [0.29, 0.717) is 24.7 Å². The fourth-order valence-electron chi connectivity index (χ4n) is 4.45. The van der Waals surface area contributed by atoms with Gasteiger partial charge in [-0.3, -0.25) is 4.79 Å². The van der Waals surface area contributed by atoms with Crippen LogP contribution in [0.5, 0.6) is 0 Å². The molecule has 2 aliphatic carbocycles. The van der Waals surface area contributed by atoms with Gasteiger partial charge in [-0.15, -0.1) is 11.8 Å². The van der Waals surface area contributed by atoms with Crippen molar-refractivity contribution in [3.63, 3.8) is 0 Å². The Kier molecular flexibility index (Phi) is 8.60. The number of fused-ring (bicyclic) bond motifs is 1. The highest BCUT2D eigenvalue weighted by Gasteiger charge is 2.44. The van der Waals surface area contributed by atoms with Crippen molar-refractivity contribution in [3.8, 4) is 11.8 Å². The Hall–Kier alpha value is -1.57. The molecule has 0 aliphatic heterocycles. The monoisotopic (exact) mass is 373 g/mol. The first-order valence-corrected chi connectivity index (χ1v) is 10.3. The van der Waals surface area contributed by atoms with Crippen LogP contribution in [0.4, 0.5) is 0 Å². The fraction of sp³-hybridized carbons (Fsp3) is 0.696. The molecule has 4 heteroatoms. The summed E-state index contributed by atoms with van der Waals surface area (Å²) in [4.78, 5) is 11.3. The minimum atomic E-state index is -0.516. The molecule has 0 unspecified atom stereocenters. The van der Waals surface area contributed by atoms with E-state index in [2.05, 4.69) is 23.2 Å². The number of rotatable bonds is 8. The summed E-state index contributed by atoms with van der Waals surface area (Å²) in [5.74, 6) is 7.23. The Labute approximate surface area is 164 Å². The summed E-state index contributed by atoms with van der Waals surface area (Å²) in [6, 6.07) is 0. The average molecular weight is 374 g/mol. The minimum Gasteiger partial charge on any atom is -0.392 e. The van der Waals surface area contributed by atoms with Gasteiger partial charge >= 0.3 is 0 Å². The van der Waals surface area contributed by atoms with Crippen molar-refractivity contribution in [2.45, 2.75) is 71.0 Å². The predicted molar refractivity (Wildman–Crippen MR) is 109 cm³/mol. The molecule has 0 aromatic rings. The summed E-state index contributed by atoms with van der Waals surface area (Å²) in [5.41, 5.74) is 1.47. The maximum atomic E-state index is 11.3. The molecule has 3 N–H and O–H groups in total. The number of aliphatic hydroxyl groups excluding tert-OH is 2. The molecule has 0 radical (unpaired) electrons. The number of hydrogen-bond donors (Lipinski definition) is 3. The van der Waals surface area contributed by atoms with Crippen LogP contribution in [-0.2, 0) is 4.79 Å². The molecule has 6 atom stereocenters. The zero-order chi connectivity index (χ0) is 19.8. The molecule has 0 heterocycles.